The number of allylic oxidation sites excluding steroid dienone is 1. The van der Waals surface area contributed by atoms with Crippen molar-refractivity contribution in [3.63, 3.8) is 0 Å². The van der Waals surface area contributed by atoms with E-state index < -0.39 is 5.97 Å². The minimum Gasteiger partial charge on any atom is -0.490 e. The monoisotopic (exact) mass is 349 g/mol. The molecule has 0 bridgehead atoms. The van der Waals surface area contributed by atoms with Crippen molar-refractivity contribution in [1.29, 1.82) is 0 Å². The van der Waals surface area contributed by atoms with Crippen LogP contribution in [0.5, 0.6) is 5.75 Å². The van der Waals surface area contributed by atoms with E-state index in [9.17, 15) is 9.59 Å². The van der Waals surface area contributed by atoms with Gasteiger partial charge in [0.15, 0.2) is 0 Å². The molecule has 5 nitrogen and oxygen atoms in total. The highest BCUT2D eigenvalue weighted by Gasteiger charge is 2.29. The molecule has 2 rings (SSSR count). The Labute approximate surface area is 146 Å². The number of nitrogens with zero attached hydrogens (tertiary/aromatic N) is 1. The molecule has 1 aliphatic heterocycles. The number of aliphatic carboxylic acids is 1. The highest BCUT2D eigenvalue weighted by molar-refractivity contribution is 7.99. The molecule has 24 heavy (non-hydrogen) atoms. The van der Waals surface area contributed by atoms with Crippen LogP contribution >= 0.6 is 11.8 Å². The maximum absolute atomic E-state index is 12.8. The van der Waals surface area contributed by atoms with Gasteiger partial charge in [0.1, 0.15) is 12.4 Å². The second-order valence-corrected chi connectivity index (χ2v) is 7.10. The molecule has 6 heteroatoms. The fourth-order valence-electron chi connectivity index (χ4n) is 2.48. The van der Waals surface area contributed by atoms with Crippen molar-refractivity contribution in [3.05, 3.63) is 41.5 Å². The number of carbonyl (C=O) groups is 2. The summed E-state index contributed by atoms with van der Waals surface area (Å²) in [7, 11) is 0. The first kappa shape index (κ1) is 18.4. The van der Waals surface area contributed by atoms with Gasteiger partial charge < -0.3 is 14.7 Å². The Hall–Kier alpha value is -1.95. The van der Waals surface area contributed by atoms with Gasteiger partial charge in [0.05, 0.1) is 12.5 Å². The Kier molecular flexibility index (Phi) is 6.73. The molecular weight excluding hydrogens is 326 g/mol. The van der Waals surface area contributed by atoms with Crippen LogP contribution in [0.3, 0.4) is 0 Å². The summed E-state index contributed by atoms with van der Waals surface area (Å²) in [6.45, 7) is 5.03. The summed E-state index contributed by atoms with van der Waals surface area (Å²) in [6.07, 6.45) is 1.95. The third-order valence-corrected chi connectivity index (χ3v) is 4.81. The normalized spacial score (nSPS) is 17.2. The lowest BCUT2D eigenvalue weighted by Gasteiger charge is -2.34. The van der Waals surface area contributed by atoms with E-state index in [1.807, 2.05) is 26.0 Å². The summed E-state index contributed by atoms with van der Waals surface area (Å²) >= 11 is 1.69. The van der Waals surface area contributed by atoms with Crippen molar-refractivity contribution in [2.24, 2.45) is 0 Å². The SMILES string of the molecule is CC(C)=CCOc1cccc(C(=O)N2CCSCC2CC(=O)O)c1. The van der Waals surface area contributed by atoms with Crippen LogP contribution in [0.4, 0.5) is 0 Å². The number of carboxylic acids is 1. The van der Waals surface area contributed by atoms with Crippen LogP contribution in [0.1, 0.15) is 30.6 Å². The van der Waals surface area contributed by atoms with Gasteiger partial charge in [-0.05, 0) is 38.1 Å². The highest BCUT2D eigenvalue weighted by Crippen LogP contribution is 2.23. The first-order chi connectivity index (χ1) is 11.5. The van der Waals surface area contributed by atoms with Crippen LogP contribution < -0.4 is 4.74 Å². The molecule has 0 spiro atoms. The molecule has 130 valence electrons. The predicted octanol–water partition coefficient (Wildman–Crippen LogP) is 3.06. The van der Waals surface area contributed by atoms with Crippen LogP contribution in [0.15, 0.2) is 35.9 Å². The third-order valence-electron chi connectivity index (χ3n) is 3.72. The molecule has 1 atom stereocenters. The van der Waals surface area contributed by atoms with Crippen LogP contribution in [-0.4, -0.2) is 52.6 Å². The van der Waals surface area contributed by atoms with Crippen molar-refractivity contribution in [2.75, 3.05) is 24.7 Å². The van der Waals surface area contributed by atoms with Crippen molar-refractivity contribution in [2.45, 2.75) is 26.3 Å². The number of hydrogen-bond donors (Lipinski definition) is 1. The van der Waals surface area contributed by atoms with Crippen LogP contribution in [0, 0.1) is 0 Å². The Balaban J connectivity index is 2.10. The molecule has 1 N–H and O–H groups in total. The highest BCUT2D eigenvalue weighted by atomic mass is 32.2. The summed E-state index contributed by atoms with van der Waals surface area (Å²) < 4.78 is 5.64. The molecule has 1 fully saturated rings. The zero-order valence-corrected chi connectivity index (χ0v) is 14.8. The molecule has 0 aromatic heterocycles. The van der Waals surface area contributed by atoms with Gasteiger partial charge in [-0.3, -0.25) is 9.59 Å². The maximum Gasteiger partial charge on any atom is 0.305 e. The average molecular weight is 349 g/mol. The molecule has 1 aromatic carbocycles. The Morgan fingerprint density at radius 1 is 1.42 bits per heavy atom. The summed E-state index contributed by atoms with van der Waals surface area (Å²) in [5, 5.41) is 9.05. The van der Waals surface area contributed by atoms with Gasteiger partial charge in [-0.15, -0.1) is 0 Å². The fourth-order valence-corrected chi connectivity index (χ4v) is 3.54. The molecule has 1 aromatic rings. The standard InChI is InChI=1S/C18H23NO4S/c1-13(2)6-8-23-16-5-3-4-14(10-16)18(22)19-7-9-24-12-15(19)11-17(20)21/h3-6,10,15H,7-9,11-12H2,1-2H3,(H,20,21). The molecule has 0 saturated carbocycles. The molecule has 0 radical (unpaired) electrons. The van der Waals surface area contributed by atoms with Crippen molar-refractivity contribution >= 4 is 23.6 Å². The third kappa shape index (κ3) is 5.30. The first-order valence-electron chi connectivity index (χ1n) is 7.94. The van der Waals surface area contributed by atoms with E-state index in [2.05, 4.69) is 0 Å². The minimum absolute atomic E-state index is 0.0184. The molecule has 1 saturated heterocycles. The zero-order valence-electron chi connectivity index (χ0n) is 14.0. The quantitative estimate of drug-likeness (QED) is 0.800. The second-order valence-electron chi connectivity index (χ2n) is 5.95. The number of carboxylic acid groups (broad SMARTS) is 1. The van der Waals surface area contributed by atoms with E-state index in [0.29, 0.717) is 30.2 Å². The van der Waals surface area contributed by atoms with Gasteiger partial charge in [-0.1, -0.05) is 11.6 Å². The average Bonchev–Trinajstić information content (AvgIpc) is 2.54. The fraction of sp³-hybridized carbons (Fsp3) is 0.444. The maximum atomic E-state index is 12.8. The first-order valence-corrected chi connectivity index (χ1v) is 9.09. The zero-order chi connectivity index (χ0) is 17.5. The predicted molar refractivity (Wildman–Crippen MR) is 95.8 cm³/mol. The second kappa shape index (κ2) is 8.78. The van der Waals surface area contributed by atoms with Crippen molar-refractivity contribution in [1.82, 2.24) is 4.90 Å². The number of benzene rings is 1. The lowest BCUT2D eigenvalue weighted by Crippen LogP contribution is -2.47. The number of carbonyl (C=O) groups excluding carboxylic acids is 1. The number of rotatable bonds is 6. The van der Waals surface area contributed by atoms with Gasteiger partial charge in [-0.2, -0.15) is 11.8 Å². The molecule has 0 aliphatic carbocycles. The Bertz CT molecular complexity index is 625. The number of thioether (sulfide) groups is 1. The van der Waals surface area contributed by atoms with E-state index in [0.717, 1.165) is 5.75 Å². The topological polar surface area (TPSA) is 66.8 Å². The molecule has 1 amide bonds. The molecular formula is C18H23NO4S. The summed E-state index contributed by atoms with van der Waals surface area (Å²) in [5.74, 6) is 1.13. The smallest absolute Gasteiger partial charge is 0.305 e. The van der Waals surface area contributed by atoms with E-state index in [-0.39, 0.29) is 18.4 Å². The minimum atomic E-state index is -0.876. The lowest BCUT2D eigenvalue weighted by molar-refractivity contribution is -0.138. The largest absolute Gasteiger partial charge is 0.490 e. The summed E-state index contributed by atoms with van der Waals surface area (Å²) in [6, 6.07) is 6.81. The molecule has 1 heterocycles. The van der Waals surface area contributed by atoms with Crippen LogP contribution in [0.25, 0.3) is 0 Å². The van der Waals surface area contributed by atoms with Crippen molar-refractivity contribution < 1.29 is 19.4 Å². The lowest BCUT2D eigenvalue weighted by atomic mass is 10.1. The van der Waals surface area contributed by atoms with Crippen molar-refractivity contribution in [3.8, 4) is 5.75 Å². The van der Waals surface area contributed by atoms with Gasteiger partial charge in [0, 0.05) is 23.6 Å². The van der Waals surface area contributed by atoms with Gasteiger partial charge in [-0.25, -0.2) is 0 Å². The van der Waals surface area contributed by atoms with Gasteiger partial charge in [0.25, 0.3) is 5.91 Å². The van der Waals surface area contributed by atoms with E-state index in [1.54, 1.807) is 34.9 Å². The van der Waals surface area contributed by atoms with Crippen LogP contribution in [-0.2, 0) is 4.79 Å². The number of ether oxygens (including phenoxy) is 1. The van der Waals surface area contributed by atoms with Gasteiger partial charge in [0.2, 0.25) is 0 Å². The van der Waals surface area contributed by atoms with E-state index in [1.165, 1.54) is 5.57 Å². The molecule has 1 aliphatic rings. The van der Waals surface area contributed by atoms with E-state index in [4.69, 9.17) is 9.84 Å². The van der Waals surface area contributed by atoms with E-state index >= 15 is 0 Å². The number of amides is 1. The van der Waals surface area contributed by atoms with Crippen LogP contribution in [0.2, 0.25) is 0 Å². The Morgan fingerprint density at radius 3 is 2.92 bits per heavy atom. The summed E-state index contributed by atoms with van der Waals surface area (Å²) in [4.78, 5) is 25.5. The summed E-state index contributed by atoms with van der Waals surface area (Å²) in [5.41, 5.74) is 1.71. The Morgan fingerprint density at radius 2 is 2.21 bits per heavy atom. The molecule has 1 unspecified atom stereocenters. The van der Waals surface area contributed by atoms with Gasteiger partial charge >= 0.3 is 5.97 Å². The number of hydrogen-bond acceptors (Lipinski definition) is 4.